The molecule has 0 bridgehead atoms. The van der Waals surface area contributed by atoms with Crippen molar-refractivity contribution in [3.05, 3.63) is 78.5 Å². The lowest BCUT2D eigenvalue weighted by Gasteiger charge is -2.16. The molecule has 138 valence electrons. The Labute approximate surface area is 158 Å². The average Bonchev–Trinajstić information content (AvgIpc) is 3.33. The van der Waals surface area contributed by atoms with Crippen molar-refractivity contribution < 1.29 is 8.78 Å². The zero-order chi connectivity index (χ0) is 19.3. The standard InChI is InChI=1S/C20H14F2N6/c1-27-12-14(10-25-27)17-6-7-19-24-11-18(28(19)26-17)20(21,22)15-4-5-16-13(9-15)3-2-8-23-16/h2-12H,1H3. The minimum absolute atomic E-state index is 0.136. The van der Waals surface area contributed by atoms with Crippen LogP contribution in [0, 0.1) is 0 Å². The molecule has 6 nitrogen and oxygen atoms in total. The Kier molecular flexibility index (Phi) is 3.48. The van der Waals surface area contributed by atoms with Crippen molar-refractivity contribution in [1.82, 2.24) is 29.4 Å². The van der Waals surface area contributed by atoms with Crippen molar-refractivity contribution in [3.8, 4) is 11.3 Å². The number of pyridine rings is 1. The third-order valence-corrected chi connectivity index (χ3v) is 4.65. The SMILES string of the molecule is Cn1cc(-c2ccc3ncc(C(F)(F)c4ccc5ncccc5c4)n3n2)cn1. The van der Waals surface area contributed by atoms with Crippen LogP contribution >= 0.6 is 0 Å². The van der Waals surface area contributed by atoms with Crippen LogP contribution in [0.25, 0.3) is 27.8 Å². The Morgan fingerprint density at radius 2 is 1.89 bits per heavy atom. The quantitative estimate of drug-likeness (QED) is 0.480. The molecule has 0 saturated heterocycles. The van der Waals surface area contributed by atoms with Crippen molar-refractivity contribution in [3.63, 3.8) is 0 Å². The molecule has 0 saturated carbocycles. The number of aryl methyl sites for hydroxylation is 1. The van der Waals surface area contributed by atoms with Gasteiger partial charge in [-0.1, -0.05) is 12.1 Å². The second-order valence-corrected chi connectivity index (χ2v) is 6.52. The summed E-state index contributed by atoms with van der Waals surface area (Å²) in [6.07, 6.45) is 6.22. The molecule has 5 aromatic rings. The minimum atomic E-state index is -3.27. The van der Waals surface area contributed by atoms with Crippen LogP contribution in [-0.2, 0) is 13.0 Å². The van der Waals surface area contributed by atoms with Gasteiger partial charge in [-0.05, 0) is 30.3 Å². The predicted molar refractivity (Wildman–Crippen MR) is 99.9 cm³/mol. The normalized spacial score (nSPS) is 12.1. The maximum absolute atomic E-state index is 15.4. The summed E-state index contributed by atoms with van der Waals surface area (Å²) < 4.78 is 33.6. The Morgan fingerprint density at radius 1 is 1.00 bits per heavy atom. The van der Waals surface area contributed by atoms with Gasteiger partial charge in [0.25, 0.3) is 0 Å². The molecule has 8 heteroatoms. The van der Waals surface area contributed by atoms with Crippen LogP contribution in [0.4, 0.5) is 8.78 Å². The number of nitrogens with zero attached hydrogens (tertiary/aromatic N) is 6. The topological polar surface area (TPSA) is 60.9 Å². The van der Waals surface area contributed by atoms with Crippen LogP contribution in [0.3, 0.4) is 0 Å². The molecule has 0 radical (unpaired) electrons. The summed E-state index contributed by atoms with van der Waals surface area (Å²) in [5.41, 5.74) is 1.87. The van der Waals surface area contributed by atoms with Gasteiger partial charge < -0.3 is 0 Å². The summed E-state index contributed by atoms with van der Waals surface area (Å²) in [5.74, 6) is -3.27. The number of benzene rings is 1. The number of imidazole rings is 1. The molecule has 0 amide bonds. The number of hydrogen-bond donors (Lipinski definition) is 0. The molecular formula is C20H14F2N6. The van der Waals surface area contributed by atoms with Crippen LogP contribution in [0.5, 0.6) is 0 Å². The summed E-state index contributed by atoms with van der Waals surface area (Å²) in [7, 11) is 1.79. The number of fused-ring (bicyclic) bond motifs is 2. The van der Waals surface area contributed by atoms with Crippen molar-refractivity contribution in [2.45, 2.75) is 5.92 Å². The highest BCUT2D eigenvalue weighted by atomic mass is 19.3. The first kappa shape index (κ1) is 16.5. The molecule has 4 heterocycles. The van der Waals surface area contributed by atoms with Gasteiger partial charge in [-0.15, -0.1) is 0 Å². The fourth-order valence-corrected chi connectivity index (χ4v) is 3.21. The maximum atomic E-state index is 15.4. The van der Waals surface area contributed by atoms with Crippen LogP contribution in [0.1, 0.15) is 11.3 Å². The van der Waals surface area contributed by atoms with Gasteiger partial charge in [0.05, 0.1) is 23.6 Å². The van der Waals surface area contributed by atoms with E-state index in [2.05, 4.69) is 20.2 Å². The van der Waals surface area contributed by atoms with E-state index in [1.54, 1.807) is 60.7 Å². The van der Waals surface area contributed by atoms with Gasteiger partial charge in [0.15, 0.2) is 5.65 Å². The number of alkyl halides is 2. The molecular weight excluding hydrogens is 362 g/mol. The number of rotatable bonds is 3. The Morgan fingerprint density at radius 3 is 2.71 bits per heavy atom. The van der Waals surface area contributed by atoms with Crippen molar-refractivity contribution >= 4 is 16.6 Å². The highest BCUT2D eigenvalue weighted by Crippen LogP contribution is 2.37. The van der Waals surface area contributed by atoms with Crippen LogP contribution in [0.2, 0.25) is 0 Å². The summed E-state index contributed by atoms with van der Waals surface area (Å²) in [5, 5.41) is 9.14. The Balaban J connectivity index is 1.65. The Bertz CT molecular complexity index is 1320. The number of hydrogen-bond acceptors (Lipinski definition) is 4. The summed E-state index contributed by atoms with van der Waals surface area (Å²) in [6.45, 7) is 0. The Hall–Kier alpha value is -3.68. The molecule has 5 rings (SSSR count). The lowest BCUT2D eigenvalue weighted by atomic mass is 10.0. The minimum Gasteiger partial charge on any atom is -0.275 e. The molecule has 0 aliphatic carbocycles. The van der Waals surface area contributed by atoms with Gasteiger partial charge in [-0.3, -0.25) is 9.67 Å². The van der Waals surface area contributed by atoms with Gasteiger partial charge >= 0.3 is 5.92 Å². The summed E-state index contributed by atoms with van der Waals surface area (Å²) in [6, 6.07) is 11.3. The van der Waals surface area contributed by atoms with E-state index in [4.69, 9.17) is 0 Å². The van der Waals surface area contributed by atoms with Gasteiger partial charge in [0.2, 0.25) is 0 Å². The summed E-state index contributed by atoms with van der Waals surface area (Å²) >= 11 is 0. The van der Waals surface area contributed by atoms with Gasteiger partial charge in [0.1, 0.15) is 5.69 Å². The zero-order valence-electron chi connectivity index (χ0n) is 14.8. The van der Waals surface area contributed by atoms with Crippen molar-refractivity contribution in [2.24, 2.45) is 7.05 Å². The second-order valence-electron chi connectivity index (χ2n) is 6.52. The molecule has 0 aliphatic rings. The fourth-order valence-electron chi connectivity index (χ4n) is 3.21. The molecule has 4 aromatic heterocycles. The molecule has 1 aromatic carbocycles. The first-order chi connectivity index (χ1) is 13.5. The highest BCUT2D eigenvalue weighted by Gasteiger charge is 2.38. The molecule has 0 aliphatic heterocycles. The van der Waals surface area contributed by atoms with Crippen LogP contribution in [0.15, 0.2) is 67.3 Å². The highest BCUT2D eigenvalue weighted by molar-refractivity contribution is 5.79. The fraction of sp³-hybridized carbons (Fsp3) is 0.100. The lowest BCUT2D eigenvalue weighted by molar-refractivity contribution is 0.0362. The molecule has 0 spiro atoms. The monoisotopic (exact) mass is 376 g/mol. The third kappa shape index (κ3) is 2.53. The molecule has 0 N–H and O–H groups in total. The van der Waals surface area contributed by atoms with E-state index in [0.717, 1.165) is 5.56 Å². The van der Waals surface area contributed by atoms with E-state index < -0.39 is 5.92 Å². The number of halogens is 2. The van der Waals surface area contributed by atoms with E-state index in [1.165, 1.54) is 22.8 Å². The van der Waals surface area contributed by atoms with Gasteiger partial charge in [-0.2, -0.15) is 19.0 Å². The first-order valence-electron chi connectivity index (χ1n) is 8.60. The molecule has 0 unspecified atom stereocenters. The van der Waals surface area contributed by atoms with Crippen LogP contribution in [-0.4, -0.2) is 29.4 Å². The van der Waals surface area contributed by atoms with Gasteiger partial charge in [-0.25, -0.2) is 9.50 Å². The molecule has 28 heavy (non-hydrogen) atoms. The van der Waals surface area contributed by atoms with Crippen molar-refractivity contribution in [2.75, 3.05) is 0 Å². The maximum Gasteiger partial charge on any atom is 0.316 e. The van der Waals surface area contributed by atoms with E-state index in [9.17, 15) is 0 Å². The second kappa shape index (κ2) is 5.91. The summed E-state index contributed by atoms with van der Waals surface area (Å²) in [4.78, 5) is 8.28. The van der Waals surface area contributed by atoms with Crippen molar-refractivity contribution in [1.29, 1.82) is 0 Å². The van der Waals surface area contributed by atoms with E-state index >= 15 is 8.78 Å². The smallest absolute Gasteiger partial charge is 0.275 e. The molecule has 0 fully saturated rings. The first-order valence-corrected chi connectivity index (χ1v) is 8.60. The number of aromatic nitrogens is 6. The third-order valence-electron chi connectivity index (χ3n) is 4.65. The largest absolute Gasteiger partial charge is 0.316 e. The van der Waals surface area contributed by atoms with E-state index in [0.29, 0.717) is 22.2 Å². The molecule has 0 atom stereocenters. The zero-order valence-corrected chi connectivity index (χ0v) is 14.8. The van der Waals surface area contributed by atoms with Gasteiger partial charge in [0, 0.05) is 36.0 Å². The van der Waals surface area contributed by atoms with E-state index in [-0.39, 0.29) is 11.3 Å². The van der Waals surface area contributed by atoms with E-state index in [1.807, 2.05) is 0 Å². The average molecular weight is 376 g/mol. The lowest BCUT2D eigenvalue weighted by Crippen LogP contribution is -2.19. The predicted octanol–water partition coefficient (Wildman–Crippen LogP) is 3.82. The van der Waals surface area contributed by atoms with Crippen LogP contribution < -0.4 is 0 Å².